The predicted octanol–water partition coefficient (Wildman–Crippen LogP) is 2.34. The highest BCUT2D eigenvalue weighted by molar-refractivity contribution is 7.99. The van der Waals surface area contributed by atoms with Crippen molar-refractivity contribution in [3.05, 3.63) is 47.3 Å². The van der Waals surface area contributed by atoms with Crippen LogP contribution in [0, 0.1) is 13.8 Å². The monoisotopic (exact) mass is 274 g/mol. The van der Waals surface area contributed by atoms with Gasteiger partial charge in [0.1, 0.15) is 10.1 Å². The van der Waals surface area contributed by atoms with E-state index in [1.807, 2.05) is 26.0 Å². The molecule has 5 nitrogen and oxygen atoms in total. The van der Waals surface area contributed by atoms with E-state index in [1.165, 1.54) is 11.8 Å². The van der Waals surface area contributed by atoms with E-state index in [9.17, 15) is 0 Å². The van der Waals surface area contributed by atoms with Crippen LogP contribution >= 0.6 is 11.8 Å². The zero-order chi connectivity index (χ0) is 13.8. The molecule has 2 aromatic heterocycles. The molecule has 0 aromatic carbocycles. The van der Waals surface area contributed by atoms with Gasteiger partial charge < -0.3 is 10.9 Å². The average molecular weight is 274 g/mol. The van der Waals surface area contributed by atoms with Gasteiger partial charge in [-0.2, -0.15) is 0 Å². The van der Waals surface area contributed by atoms with Crippen molar-refractivity contribution in [3.8, 4) is 0 Å². The molecule has 0 saturated carbocycles. The number of amidine groups is 1. The Bertz CT molecular complexity index is 608. The lowest BCUT2D eigenvalue weighted by molar-refractivity contribution is 0.318. The molecule has 0 radical (unpaired) electrons. The summed E-state index contributed by atoms with van der Waals surface area (Å²) in [4.78, 5) is 8.69. The zero-order valence-electron chi connectivity index (χ0n) is 10.7. The van der Waals surface area contributed by atoms with E-state index in [-0.39, 0.29) is 5.84 Å². The van der Waals surface area contributed by atoms with Gasteiger partial charge in [-0.3, -0.25) is 0 Å². The van der Waals surface area contributed by atoms with Gasteiger partial charge >= 0.3 is 0 Å². The van der Waals surface area contributed by atoms with Crippen LogP contribution in [0.25, 0.3) is 0 Å². The van der Waals surface area contributed by atoms with Crippen LogP contribution in [-0.4, -0.2) is 21.0 Å². The molecule has 2 heterocycles. The second-order valence-electron chi connectivity index (χ2n) is 4.07. The van der Waals surface area contributed by atoms with Gasteiger partial charge in [-0.1, -0.05) is 5.16 Å². The third kappa shape index (κ3) is 3.23. The maximum Gasteiger partial charge on any atom is 0.172 e. The standard InChI is InChI=1S/C13H14N4OS/c1-8-6-9(2)16-11(7-8)19-13-10(12(14)17-18)4-3-5-15-13/h3-7,18H,1-2H3,(H2,14,17). The minimum Gasteiger partial charge on any atom is -0.409 e. The Kier molecular flexibility index (Phi) is 4.01. The summed E-state index contributed by atoms with van der Waals surface area (Å²) in [5.41, 5.74) is 8.31. The zero-order valence-corrected chi connectivity index (χ0v) is 11.5. The first-order valence-corrected chi connectivity index (χ1v) is 6.48. The van der Waals surface area contributed by atoms with Crippen molar-refractivity contribution < 1.29 is 5.21 Å². The number of pyridine rings is 2. The number of nitrogens with zero attached hydrogens (tertiary/aromatic N) is 3. The van der Waals surface area contributed by atoms with Crippen molar-refractivity contribution in [3.63, 3.8) is 0 Å². The molecule has 0 atom stereocenters. The molecule has 0 bridgehead atoms. The number of aryl methyl sites for hydroxylation is 2. The van der Waals surface area contributed by atoms with E-state index < -0.39 is 0 Å². The smallest absolute Gasteiger partial charge is 0.172 e. The van der Waals surface area contributed by atoms with Gasteiger partial charge in [0.25, 0.3) is 0 Å². The van der Waals surface area contributed by atoms with Crippen LogP contribution in [0.2, 0.25) is 0 Å². The van der Waals surface area contributed by atoms with Crippen LogP contribution in [-0.2, 0) is 0 Å². The Balaban J connectivity index is 2.38. The highest BCUT2D eigenvalue weighted by Gasteiger charge is 2.10. The van der Waals surface area contributed by atoms with Crippen LogP contribution in [0.3, 0.4) is 0 Å². The summed E-state index contributed by atoms with van der Waals surface area (Å²) in [6.45, 7) is 3.96. The summed E-state index contributed by atoms with van der Waals surface area (Å²) < 4.78 is 0. The lowest BCUT2D eigenvalue weighted by atomic mass is 10.2. The Morgan fingerprint density at radius 1 is 1.37 bits per heavy atom. The highest BCUT2D eigenvalue weighted by Crippen LogP contribution is 2.27. The molecular formula is C13H14N4OS. The average Bonchev–Trinajstić information content (AvgIpc) is 2.37. The Hall–Kier alpha value is -2.08. The lowest BCUT2D eigenvalue weighted by Gasteiger charge is -2.07. The first kappa shape index (κ1) is 13.4. The Morgan fingerprint density at radius 2 is 2.16 bits per heavy atom. The molecule has 19 heavy (non-hydrogen) atoms. The van der Waals surface area contributed by atoms with Crippen molar-refractivity contribution in [2.45, 2.75) is 23.9 Å². The molecule has 0 aliphatic carbocycles. The molecule has 0 unspecified atom stereocenters. The van der Waals surface area contributed by atoms with E-state index in [1.54, 1.807) is 18.3 Å². The maximum absolute atomic E-state index is 8.78. The van der Waals surface area contributed by atoms with Gasteiger partial charge in [-0.15, -0.1) is 0 Å². The van der Waals surface area contributed by atoms with E-state index >= 15 is 0 Å². The summed E-state index contributed by atoms with van der Waals surface area (Å²) in [6, 6.07) is 7.48. The van der Waals surface area contributed by atoms with Crippen LogP contribution in [0.5, 0.6) is 0 Å². The number of hydrogen-bond acceptors (Lipinski definition) is 5. The molecule has 0 aliphatic heterocycles. The quantitative estimate of drug-likeness (QED) is 0.388. The van der Waals surface area contributed by atoms with Gasteiger partial charge in [0, 0.05) is 11.9 Å². The fourth-order valence-electron chi connectivity index (χ4n) is 1.68. The molecule has 2 aromatic rings. The molecule has 0 fully saturated rings. The number of nitrogens with two attached hydrogens (primary N) is 1. The van der Waals surface area contributed by atoms with E-state index in [0.29, 0.717) is 10.6 Å². The number of oxime groups is 1. The fraction of sp³-hybridized carbons (Fsp3) is 0.154. The Labute approximate surface area is 115 Å². The second-order valence-corrected chi connectivity index (χ2v) is 5.08. The first-order valence-electron chi connectivity index (χ1n) is 5.66. The molecular weight excluding hydrogens is 260 g/mol. The predicted molar refractivity (Wildman–Crippen MR) is 74.6 cm³/mol. The SMILES string of the molecule is Cc1cc(C)nc(Sc2ncccc2/C(N)=N/O)c1. The first-order chi connectivity index (χ1) is 9.10. The molecule has 98 valence electrons. The summed E-state index contributed by atoms with van der Waals surface area (Å²) in [6.07, 6.45) is 1.67. The molecule has 2 rings (SSSR count). The number of rotatable bonds is 3. The highest BCUT2D eigenvalue weighted by atomic mass is 32.2. The fourth-order valence-corrected chi connectivity index (χ4v) is 2.71. The third-order valence-electron chi connectivity index (χ3n) is 2.43. The minimum absolute atomic E-state index is 0.0416. The van der Waals surface area contributed by atoms with E-state index in [4.69, 9.17) is 10.9 Å². The molecule has 0 spiro atoms. The van der Waals surface area contributed by atoms with Crippen molar-refractivity contribution >= 4 is 17.6 Å². The van der Waals surface area contributed by atoms with Crippen molar-refractivity contribution in [1.29, 1.82) is 0 Å². The molecule has 0 amide bonds. The third-order valence-corrected chi connectivity index (χ3v) is 3.37. The molecule has 0 aliphatic rings. The van der Waals surface area contributed by atoms with Crippen molar-refractivity contribution in [2.24, 2.45) is 10.9 Å². The molecule has 3 N–H and O–H groups in total. The molecule has 6 heteroatoms. The number of hydrogen-bond donors (Lipinski definition) is 2. The van der Waals surface area contributed by atoms with Gasteiger partial charge in [0.2, 0.25) is 0 Å². The van der Waals surface area contributed by atoms with Crippen LogP contribution < -0.4 is 5.73 Å². The van der Waals surface area contributed by atoms with E-state index in [2.05, 4.69) is 15.1 Å². The van der Waals surface area contributed by atoms with Crippen LogP contribution in [0.1, 0.15) is 16.8 Å². The lowest BCUT2D eigenvalue weighted by Crippen LogP contribution is -2.14. The summed E-state index contributed by atoms with van der Waals surface area (Å²) in [5.74, 6) is 0.0416. The summed E-state index contributed by atoms with van der Waals surface area (Å²) in [7, 11) is 0. The normalized spacial score (nSPS) is 11.6. The van der Waals surface area contributed by atoms with Crippen LogP contribution in [0.15, 0.2) is 45.7 Å². The topological polar surface area (TPSA) is 84.4 Å². The number of aromatic nitrogens is 2. The molecule has 0 saturated heterocycles. The van der Waals surface area contributed by atoms with Crippen LogP contribution in [0.4, 0.5) is 0 Å². The summed E-state index contributed by atoms with van der Waals surface area (Å²) in [5, 5.41) is 13.3. The van der Waals surface area contributed by atoms with Gasteiger partial charge in [-0.25, -0.2) is 9.97 Å². The minimum atomic E-state index is 0.0416. The van der Waals surface area contributed by atoms with Gasteiger partial charge in [-0.05, 0) is 55.4 Å². The summed E-state index contributed by atoms with van der Waals surface area (Å²) >= 11 is 1.39. The maximum atomic E-state index is 8.78. The second kappa shape index (κ2) is 5.71. The van der Waals surface area contributed by atoms with Crippen molar-refractivity contribution in [2.75, 3.05) is 0 Å². The van der Waals surface area contributed by atoms with Gasteiger partial charge in [0.15, 0.2) is 5.84 Å². The largest absolute Gasteiger partial charge is 0.409 e. The Morgan fingerprint density at radius 3 is 2.84 bits per heavy atom. The van der Waals surface area contributed by atoms with Crippen molar-refractivity contribution in [1.82, 2.24) is 9.97 Å². The van der Waals surface area contributed by atoms with E-state index in [0.717, 1.165) is 16.3 Å². The van der Waals surface area contributed by atoms with Gasteiger partial charge in [0.05, 0.1) is 5.56 Å².